The summed E-state index contributed by atoms with van der Waals surface area (Å²) in [4.78, 5) is 0. The van der Waals surface area contributed by atoms with Crippen LogP contribution in [-0.4, -0.2) is 0 Å². The molecule has 0 radical (unpaired) electrons. The van der Waals surface area contributed by atoms with E-state index in [0.717, 1.165) is 71.7 Å². The van der Waals surface area contributed by atoms with Gasteiger partial charge in [-0.3, -0.25) is 0 Å². The van der Waals surface area contributed by atoms with Crippen LogP contribution < -0.4 is 0 Å². The minimum atomic E-state index is 0.451. The Balaban J connectivity index is 1.42. The molecule has 2 heterocycles. The lowest BCUT2D eigenvalue weighted by Gasteiger charge is -2.13. The van der Waals surface area contributed by atoms with Gasteiger partial charge in [0.05, 0.1) is 23.3 Å². The average molecular weight is 537 g/mol. The van der Waals surface area contributed by atoms with Gasteiger partial charge in [0.15, 0.2) is 0 Å². The van der Waals surface area contributed by atoms with Gasteiger partial charge < -0.3 is 8.83 Å². The van der Waals surface area contributed by atoms with Crippen molar-refractivity contribution in [3.05, 3.63) is 132 Å². The zero-order valence-corrected chi connectivity index (χ0v) is 22.3. The van der Waals surface area contributed by atoms with Crippen LogP contribution >= 0.6 is 0 Å². The highest BCUT2D eigenvalue weighted by Crippen LogP contribution is 2.41. The topological polar surface area (TPSA) is 73.9 Å². The Hall–Kier alpha value is -6.10. The first-order valence-corrected chi connectivity index (χ1v) is 13.6. The molecule has 0 unspecified atom stereocenters. The average Bonchev–Trinajstić information content (AvgIpc) is 3.62. The van der Waals surface area contributed by atoms with Crippen molar-refractivity contribution < 1.29 is 8.83 Å². The lowest BCUT2D eigenvalue weighted by Crippen LogP contribution is -1.92. The molecule has 0 aliphatic heterocycles. The van der Waals surface area contributed by atoms with Crippen LogP contribution in [0.1, 0.15) is 11.1 Å². The minimum absolute atomic E-state index is 0.451. The van der Waals surface area contributed by atoms with Crippen molar-refractivity contribution in [1.82, 2.24) is 0 Å². The second-order valence-corrected chi connectivity index (χ2v) is 10.3. The van der Waals surface area contributed by atoms with Gasteiger partial charge in [-0.05, 0) is 76.9 Å². The molecule has 0 saturated heterocycles. The van der Waals surface area contributed by atoms with E-state index in [4.69, 9.17) is 8.83 Å². The molecule has 0 bridgehead atoms. The Morgan fingerprint density at radius 2 is 1.02 bits per heavy atom. The first kappa shape index (κ1) is 23.8. The first-order chi connectivity index (χ1) is 20.7. The molecule has 8 aromatic rings. The van der Waals surface area contributed by atoms with Gasteiger partial charge in [-0.25, -0.2) is 0 Å². The van der Waals surface area contributed by atoms with Crippen molar-refractivity contribution in [2.45, 2.75) is 0 Å². The number of rotatable bonds is 3. The predicted molar refractivity (Wildman–Crippen MR) is 167 cm³/mol. The molecule has 0 spiro atoms. The molecular weight excluding hydrogens is 516 g/mol. The lowest BCUT2D eigenvalue weighted by atomic mass is 9.89. The molecule has 2 aromatic heterocycles. The van der Waals surface area contributed by atoms with Crippen LogP contribution in [0, 0.1) is 22.7 Å². The van der Waals surface area contributed by atoms with Crippen LogP contribution in [-0.2, 0) is 0 Å². The van der Waals surface area contributed by atoms with Crippen LogP contribution in [0.3, 0.4) is 0 Å². The smallest absolute Gasteiger partial charge is 0.143 e. The third kappa shape index (κ3) is 3.60. The SMILES string of the molecule is N#Cc1cccc(C#N)c1-c1cc(-c2ccc3c(c2)oc2ccccc23)cc(-c2cccc3c2oc2ccccc23)c1. The maximum Gasteiger partial charge on any atom is 0.143 e. The Bertz CT molecular complexity index is 2410. The number of hydrogen-bond acceptors (Lipinski definition) is 4. The maximum atomic E-state index is 10.00. The normalized spacial score (nSPS) is 11.3. The fraction of sp³-hybridized carbons (Fsp3) is 0. The van der Waals surface area contributed by atoms with E-state index < -0.39 is 0 Å². The standard InChI is InChI=1S/C38H20N2O2/c39-21-24-7-5-8-25(22-40)37(24)28-18-26(23-15-16-32-30-9-1-3-13-34(30)41-36(32)20-23)17-27(19-28)29-11-6-12-33-31-10-2-4-14-35(31)42-38(29)33/h1-20H. The molecule has 4 heteroatoms. The van der Waals surface area contributed by atoms with E-state index in [1.165, 1.54) is 0 Å². The van der Waals surface area contributed by atoms with Crippen LogP contribution in [0.5, 0.6) is 0 Å². The third-order valence-electron chi connectivity index (χ3n) is 7.95. The predicted octanol–water partition coefficient (Wildman–Crippen LogP) is 10.2. The van der Waals surface area contributed by atoms with E-state index in [2.05, 4.69) is 60.7 Å². The van der Waals surface area contributed by atoms with Gasteiger partial charge in [0.25, 0.3) is 0 Å². The second-order valence-electron chi connectivity index (χ2n) is 10.3. The van der Waals surface area contributed by atoms with E-state index >= 15 is 0 Å². The Kier molecular flexibility index (Phi) is 5.22. The van der Waals surface area contributed by atoms with Crippen molar-refractivity contribution in [2.24, 2.45) is 0 Å². The van der Waals surface area contributed by atoms with Gasteiger partial charge in [-0.1, -0.05) is 66.7 Å². The second kappa shape index (κ2) is 9.24. The highest BCUT2D eigenvalue weighted by Gasteiger charge is 2.18. The Morgan fingerprint density at radius 3 is 1.79 bits per heavy atom. The van der Waals surface area contributed by atoms with Crippen molar-refractivity contribution in [1.29, 1.82) is 10.5 Å². The van der Waals surface area contributed by atoms with Gasteiger partial charge in [0.1, 0.15) is 22.3 Å². The number of nitrogens with zero attached hydrogens (tertiary/aromatic N) is 2. The highest BCUT2D eigenvalue weighted by atomic mass is 16.3. The summed E-state index contributed by atoms with van der Waals surface area (Å²) < 4.78 is 12.6. The number of benzene rings is 6. The Labute approximate surface area is 240 Å². The van der Waals surface area contributed by atoms with E-state index in [9.17, 15) is 10.5 Å². The summed E-state index contributed by atoms with van der Waals surface area (Å²) >= 11 is 0. The fourth-order valence-electron chi connectivity index (χ4n) is 6.02. The van der Waals surface area contributed by atoms with Gasteiger partial charge in [0.2, 0.25) is 0 Å². The first-order valence-electron chi connectivity index (χ1n) is 13.6. The summed E-state index contributed by atoms with van der Waals surface area (Å²) in [6.45, 7) is 0. The highest BCUT2D eigenvalue weighted by molar-refractivity contribution is 6.10. The number of furan rings is 2. The van der Waals surface area contributed by atoms with Crippen LogP contribution in [0.4, 0.5) is 0 Å². The number of fused-ring (bicyclic) bond motifs is 6. The summed E-state index contributed by atoms with van der Waals surface area (Å²) in [6, 6.07) is 44.5. The van der Waals surface area contributed by atoms with Gasteiger partial charge >= 0.3 is 0 Å². The molecule has 0 N–H and O–H groups in total. The summed E-state index contributed by atoms with van der Waals surface area (Å²) in [7, 11) is 0. The van der Waals surface area contributed by atoms with E-state index in [1.807, 2.05) is 54.6 Å². The zero-order valence-electron chi connectivity index (χ0n) is 22.3. The van der Waals surface area contributed by atoms with E-state index in [1.54, 1.807) is 18.2 Å². The van der Waals surface area contributed by atoms with Crippen LogP contribution in [0.2, 0.25) is 0 Å². The van der Waals surface area contributed by atoms with Crippen molar-refractivity contribution in [3.8, 4) is 45.5 Å². The minimum Gasteiger partial charge on any atom is -0.456 e. The molecule has 6 aromatic carbocycles. The molecule has 0 aliphatic carbocycles. The Morgan fingerprint density at radius 1 is 0.429 bits per heavy atom. The molecule has 42 heavy (non-hydrogen) atoms. The zero-order chi connectivity index (χ0) is 28.2. The fourth-order valence-corrected chi connectivity index (χ4v) is 6.02. The maximum absolute atomic E-state index is 10.00. The molecule has 0 aliphatic rings. The molecule has 4 nitrogen and oxygen atoms in total. The number of para-hydroxylation sites is 3. The molecule has 0 amide bonds. The molecule has 0 saturated carbocycles. The molecule has 0 fully saturated rings. The monoisotopic (exact) mass is 536 g/mol. The summed E-state index contributed by atoms with van der Waals surface area (Å²) in [6.07, 6.45) is 0. The van der Waals surface area contributed by atoms with E-state index in [-0.39, 0.29) is 0 Å². The third-order valence-corrected chi connectivity index (χ3v) is 7.95. The van der Waals surface area contributed by atoms with E-state index in [0.29, 0.717) is 16.7 Å². The molecule has 0 atom stereocenters. The molecule has 194 valence electrons. The van der Waals surface area contributed by atoms with Gasteiger partial charge in [-0.2, -0.15) is 10.5 Å². The number of nitriles is 2. The quantitative estimate of drug-likeness (QED) is 0.225. The van der Waals surface area contributed by atoms with Gasteiger partial charge in [-0.15, -0.1) is 0 Å². The van der Waals surface area contributed by atoms with Gasteiger partial charge in [0, 0.05) is 32.7 Å². The van der Waals surface area contributed by atoms with Crippen LogP contribution in [0.15, 0.2) is 130 Å². The van der Waals surface area contributed by atoms with Crippen LogP contribution in [0.25, 0.3) is 77.3 Å². The summed E-state index contributed by atoms with van der Waals surface area (Å²) in [5, 5.41) is 24.2. The van der Waals surface area contributed by atoms with Crippen molar-refractivity contribution in [3.63, 3.8) is 0 Å². The molecule has 8 rings (SSSR count). The summed E-state index contributed by atoms with van der Waals surface area (Å²) in [5.74, 6) is 0. The molecular formula is C38H20N2O2. The van der Waals surface area contributed by atoms with Crippen molar-refractivity contribution in [2.75, 3.05) is 0 Å². The van der Waals surface area contributed by atoms with Crippen molar-refractivity contribution >= 4 is 43.9 Å². The largest absolute Gasteiger partial charge is 0.456 e. The lowest BCUT2D eigenvalue weighted by molar-refractivity contribution is 0.669. The number of hydrogen-bond donors (Lipinski definition) is 0. The summed E-state index contributed by atoms with van der Waals surface area (Å²) in [5.41, 5.74) is 9.34.